The van der Waals surface area contributed by atoms with Crippen LogP contribution < -0.4 is 15.9 Å². The normalized spacial score (nSPS) is 24.7. The third kappa shape index (κ3) is 7.05. The van der Waals surface area contributed by atoms with Crippen LogP contribution in [0, 0.1) is 5.82 Å². The van der Waals surface area contributed by atoms with Crippen LogP contribution in [0.25, 0.3) is 5.65 Å². The average Bonchev–Trinajstić information content (AvgIpc) is 3.44. The zero-order chi connectivity index (χ0) is 34.8. The summed E-state index contributed by atoms with van der Waals surface area (Å²) in [6.45, 7) is 13.0. The minimum Gasteiger partial charge on any atom is -0.389 e. The van der Waals surface area contributed by atoms with Gasteiger partial charge in [0, 0.05) is 68.1 Å². The van der Waals surface area contributed by atoms with Crippen LogP contribution in [0.5, 0.6) is 0 Å². The van der Waals surface area contributed by atoms with Crippen molar-refractivity contribution >= 4 is 17.2 Å². The van der Waals surface area contributed by atoms with Crippen LogP contribution in [0.15, 0.2) is 35.1 Å². The number of carbonyl (C=O) groups excluding carboxylic acids is 1. The third-order valence-electron chi connectivity index (χ3n) is 10.0. The Morgan fingerprint density at radius 1 is 1.12 bits per heavy atom. The van der Waals surface area contributed by atoms with Crippen LogP contribution in [0.3, 0.4) is 0 Å². The molecule has 48 heavy (non-hydrogen) atoms. The van der Waals surface area contributed by atoms with Gasteiger partial charge < -0.3 is 15.3 Å². The second-order valence-electron chi connectivity index (χ2n) is 15.5. The number of anilines is 1. The van der Waals surface area contributed by atoms with Crippen LogP contribution in [0.2, 0.25) is 0 Å². The van der Waals surface area contributed by atoms with Crippen LogP contribution >= 0.6 is 0 Å². The Hall–Kier alpha value is -3.26. The third-order valence-corrected chi connectivity index (χ3v) is 10.0. The monoisotopic (exact) mass is 671 g/mol. The number of halogens is 3. The van der Waals surface area contributed by atoms with E-state index in [1.807, 2.05) is 31.7 Å². The second-order valence-corrected chi connectivity index (χ2v) is 15.5. The van der Waals surface area contributed by atoms with E-state index in [2.05, 4.69) is 22.2 Å². The average molecular weight is 672 g/mol. The number of alkyl halides is 2. The van der Waals surface area contributed by atoms with Gasteiger partial charge in [-0.15, -0.1) is 5.10 Å². The molecule has 0 spiro atoms. The highest BCUT2D eigenvalue weighted by molar-refractivity contribution is 5.98. The fraction of sp³-hybridized carbons (Fsp3) is 0.629. The van der Waals surface area contributed by atoms with Crippen molar-refractivity contribution in [3.8, 4) is 0 Å². The zero-order valence-corrected chi connectivity index (χ0v) is 28.8. The number of nitrogens with one attached hydrogen (secondary N) is 1. The van der Waals surface area contributed by atoms with Crippen molar-refractivity contribution in [2.75, 3.05) is 44.2 Å². The first-order valence-electron chi connectivity index (χ1n) is 16.9. The maximum atomic E-state index is 14.4. The predicted molar refractivity (Wildman–Crippen MR) is 178 cm³/mol. The Labute approximate surface area is 279 Å². The summed E-state index contributed by atoms with van der Waals surface area (Å²) in [7, 11) is 0. The molecule has 3 aliphatic rings. The molecule has 2 fully saturated rings. The van der Waals surface area contributed by atoms with E-state index in [4.69, 9.17) is 0 Å². The SMILES string of the molecule is C[C@@H]1CN(CC(=O)N2CC(C)(C)c3c2cc(Cc2ccc(F)cc2)c2nn(CC(C)(C)O)c(=O)n32)[C@@H](CN2CC(F)(F)CC[C@H]2C)CN1. The van der Waals surface area contributed by atoms with Gasteiger partial charge in [0.1, 0.15) is 5.82 Å². The first kappa shape index (κ1) is 34.6. The number of hydrogen-bond acceptors (Lipinski definition) is 7. The molecule has 10 nitrogen and oxygen atoms in total. The Balaban J connectivity index is 1.36. The number of fused-ring (bicyclic) bond motifs is 3. The Bertz CT molecular complexity index is 1730. The summed E-state index contributed by atoms with van der Waals surface area (Å²) in [5.74, 6) is -3.21. The summed E-state index contributed by atoms with van der Waals surface area (Å²) in [5, 5.41) is 18.7. The van der Waals surface area contributed by atoms with Crippen LogP contribution in [0.1, 0.15) is 71.2 Å². The largest absolute Gasteiger partial charge is 0.389 e. The molecule has 3 aromatic rings. The number of rotatable bonds is 8. The molecule has 1 amide bonds. The number of piperidine rings is 1. The Morgan fingerprint density at radius 3 is 2.52 bits per heavy atom. The van der Waals surface area contributed by atoms with Crippen molar-refractivity contribution in [1.29, 1.82) is 0 Å². The molecule has 262 valence electrons. The molecule has 2 saturated heterocycles. The van der Waals surface area contributed by atoms with Crippen molar-refractivity contribution in [3.63, 3.8) is 0 Å². The quantitative estimate of drug-likeness (QED) is 0.379. The molecule has 3 aliphatic heterocycles. The number of likely N-dealkylation sites (tertiary alicyclic amines) is 1. The summed E-state index contributed by atoms with van der Waals surface area (Å²) in [6, 6.07) is 8.07. The van der Waals surface area contributed by atoms with Crippen LogP contribution in [0.4, 0.5) is 18.9 Å². The lowest BCUT2D eigenvalue weighted by molar-refractivity contribution is -0.121. The maximum Gasteiger partial charge on any atom is 0.350 e. The Kier molecular flexibility index (Phi) is 9.06. The van der Waals surface area contributed by atoms with Gasteiger partial charge in [0.15, 0.2) is 5.65 Å². The molecule has 0 unspecified atom stereocenters. The molecular formula is C35H48F3N7O3. The molecule has 2 N–H and O–H groups in total. The summed E-state index contributed by atoms with van der Waals surface area (Å²) in [6.07, 6.45) is 0.671. The van der Waals surface area contributed by atoms with Gasteiger partial charge in [-0.1, -0.05) is 26.0 Å². The number of aliphatic hydroxyl groups is 1. The molecule has 2 aromatic heterocycles. The van der Waals surface area contributed by atoms with E-state index in [0.29, 0.717) is 61.6 Å². The standard InChI is InChI=1S/C35H48F3N7O3/c1-22-16-41(27(15-39-22)17-42-21-35(37,38)12-11-23(42)2)18-29(46)43-19-33(3,4)30-28(43)14-25(13-24-7-9-26(36)10-8-24)31-40-44(20-34(5,6)48)32(47)45(30)31/h7-10,14,22-23,27,39,48H,11-13,15-21H2,1-6H3/t22-,23-,27-/m1/s1. The second kappa shape index (κ2) is 12.6. The van der Waals surface area contributed by atoms with E-state index in [9.17, 15) is 27.9 Å². The smallest absolute Gasteiger partial charge is 0.350 e. The summed E-state index contributed by atoms with van der Waals surface area (Å²) >= 11 is 0. The Morgan fingerprint density at radius 2 is 1.83 bits per heavy atom. The van der Waals surface area contributed by atoms with Gasteiger partial charge in [-0.2, -0.15) is 0 Å². The minimum atomic E-state index is -2.72. The lowest BCUT2D eigenvalue weighted by Gasteiger charge is -2.45. The maximum absolute atomic E-state index is 14.4. The molecule has 0 aliphatic carbocycles. The summed E-state index contributed by atoms with van der Waals surface area (Å²) in [4.78, 5) is 34.0. The van der Waals surface area contributed by atoms with E-state index in [-0.39, 0.29) is 55.9 Å². The van der Waals surface area contributed by atoms with E-state index < -0.39 is 22.6 Å². The fourth-order valence-corrected chi connectivity index (χ4v) is 7.60. The molecule has 13 heteroatoms. The van der Waals surface area contributed by atoms with Gasteiger partial charge in [0.25, 0.3) is 5.92 Å². The van der Waals surface area contributed by atoms with Gasteiger partial charge in [-0.3, -0.25) is 14.6 Å². The fourth-order valence-electron chi connectivity index (χ4n) is 7.60. The van der Waals surface area contributed by atoms with E-state index in [1.165, 1.54) is 16.8 Å². The van der Waals surface area contributed by atoms with E-state index in [0.717, 1.165) is 5.56 Å². The molecule has 3 atom stereocenters. The van der Waals surface area contributed by atoms with Crippen molar-refractivity contribution in [2.45, 2.75) is 102 Å². The van der Waals surface area contributed by atoms with Crippen LogP contribution in [-0.4, -0.2) is 104 Å². The molecule has 1 aromatic carbocycles. The number of amides is 1. The van der Waals surface area contributed by atoms with Gasteiger partial charge >= 0.3 is 5.69 Å². The minimum absolute atomic E-state index is 0.0223. The predicted octanol–water partition coefficient (Wildman–Crippen LogP) is 3.40. The topological polar surface area (TPSA) is 98.4 Å². The van der Waals surface area contributed by atoms with E-state index in [1.54, 1.807) is 35.3 Å². The molecule has 6 rings (SSSR count). The lowest BCUT2D eigenvalue weighted by Crippen LogP contribution is -2.62. The van der Waals surface area contributed by atoms with Crippen molar-refractivity contribution in [1.82, 2.24) is 29.3 Å². The van der Waals surface area contributed by atoms with Crippen LogP contribution in [-0.2, 0) is 23.2 Å². The van der Waals surface area contributed by atoms with Gasteiger partial charge in [-0.25, -0.2) is 27.0 Å². The first-order valence-corrected chi connectivity index (χ1v) is 16.9. The van der Waals surface area contributed by atoms with Crippen molar-refractivity contribution in [2.24, 2.45) is 0 Å². The molecular weight excluding hydrogens is 623 g/mol. The van der Waals surface area contributed by atoms with Crippen molar-refractivity contribution in [3.05, 3.63) is 63.5 Å². The highest BCUT2D eigenvalue weighted by atomic mass is 19.3. The van der Waals surface area contributed by atoms with E-state index >= 15 is 0 Å². The van der Waals surface area contributed by atoms with Gasteiger partial charge in [0.05, 0.1) is 36.6 Å². The molecule has 0 radical (unpaired) electrons. The van der Waals surface area contributed by atoms with Gasteiger partial charge in [-0.05, 0) is 57.9 Å². The summed E-state index contributed by atoms with van der Waals surface area (Å²) < 4.78 is 45.4. The number of aromatic nitrogens is 3. The number of piperazine rings is 1. The lowest BCUT2D eigenvalue weighted by atomic mass is 9.90. The highest BCUT2D eigenvalue weighted by Gasteiger charge is 2.44. The molecule has 0 bridgehead atoms. The molecule has 0 saturated carbocycles. The number of benzene rings is 1. The highest BCUT2D eigenvalue weighted by Crippen LogP contribution is 2.42. The number of nitrogens with zero attached hydrogens (tertiary/aromatic N) is 6. The number of carbonyl (C=O) groups is 1. The van der Waals surface area contributed by atoms with Crippen molar-refractivity contribution < 1.29 is 23.1 Å². The number of hydrogen-bond donors (Lipinski definition) is 2. The zero-order valence-electron chi connectivity index (χ0n) is 28.8. The first-order chi connectivity index (χ1) is 22.4. The molecule has 5 heterocycles. The number of pyridine rings is 1. The summed E-state index contributed by atoms with van der Waals surface area (Å²) in [5.41, 5.74) is 0.990. The van der Waals surface area contributed by atoms with Gasteiger partial charge in [0.2, 0.25) is 5.91 Å².